The molecule has 0 aliphatic carbocycles. The van der Waals surface area contributed by atoms with Gasteiger partial charge in [-0.25, -0.2) is 8.42 Å². The summed E-state index contributed by atoms with van der Waals surface area (Å²) in [5, 5.41) is 2.74. The Bertz CT molecular complexity index is 1090. The molecule has 2 aromatic rings. The van der Waals surface area contributed by atoms with E-state index in [2.05, 4.69) is 0 Å². The summed E-state index contributed by atoms with van der Waals surface area (Å²) in [5.74, 6) is 0.543. The molecule has 1 saturated heterocycles. The first-order valence-corrected chi connectivity index (χ1v) is 11.3. The third-order valence-corrected chi connectivity index (χ3v) is 7.03. The van der Waals surface area contributed by atoms with Crippen LogP contribution in [0, 0.1) is 0 Å². The number of ether oxygens (including phenoxy) is 2. The van der Waals surface area contributed by atoms with E-state index in [4.69, 9.17) is 9.47 Å². The molecule has 0 atom stereocenters. The Hall–Kier alpha value is -3.11. The number of hydrogen-bond acceptors (Lipinski definition) is 6. The van der Waals surface area contributed by atoms with Crippen molar-refractivity contribution in [3.05, 3.63) is 54.1 Å². The van der Waals surface area contributed by atoms with Crippen molar-refractivity contribution < 1.29 is 27.5 Å². The van der Waals surface area contributed by atoms with Crippen molar-refractivity contribution in [2.24, 2.45) is 0 Å². The summed E-state index contributed by atoms with van der Waals surface area (Å²) in [6, 6.07) is 13.2. The van der Waals surface area contributed by atoms with Crippen LogP contribution in [0.4, 0.5) is 0 Å². The number of nitrogens with zero attached hydrogens (tertiary/aromatic N) is 3. The topological polar surface area (TPSA) is 96.5 Å². The molecule has 2 amide bonds. The lowest BCUT2D eigenvalue weighted by atomic mass is 10.1. The number of likely N-dealkylation sites (N-methyl/N-ethyl adjacent to an activating group) is 1. The number of benzene rings is 2. The maximum atomic E-state index is 12.9. The van der Waals surface area contributed by atoms with Crippen molar-refractivity contribution in [1.82, 2.24) is 14.3 Å². The lowest BCUT2D eigenvalue weighted by Crippen LogP contribution is -2.49. The first-order valence-electron chi connectivity index (χ1n) is 9.87. The third-order valence-electron chi connectivity index (χ3n) is 5.21. The van der Waals surface area contributed by atoms with E-state index in [1.54, 1.807) is 36.4 Å². The molecule has 4 rings (SSSR count). The highest BCUT2D eigenvalue weighted by atomic mass is 32.2. The molecule has 0 aromatic heterocycles. The van der Waals surface area contributed by atoms with Crippen LogP contribution in [0.1, 0.15) is 12.0 Å². The maximum absolute atomic E-state index is 12.9. The zero-order valence-corrected chi connectivity index (χ0v) is 17.9. The van der Waals surface area contributed by atoms with Gasteiger partial charge in [-0.15, -0.1) is 0 Å². The van der Waals surface area contributed by atoms with Crippen LogP contribution < -0.4 is 9.47 Å². The normalized spacial score (nSPS) is 15.5. The highest BCUT2D eigenvalue weighted by Crippen LogP contribution is 2.32. The molecule has 31 heavy (non-hydrogen) atoms. The second-order valence-corrected chi connectivity index (χ2v) is 9.37. The molecule has 0 saturated carbocycles. The molecule has 9 nitrogen and oxygen atoms in total. The fourth-order valence-corrected chi connectivity index (χ4v) is 4.72. The van der Waals surface area contributed by atoms with Gasteiger partial charge >= 0.3 is 0 Å². The van der Waals surface area contributed by atoms with Crippen molar-refractivity contribution in [1.29, 1.82) is 0 Å². The van der Waals surface area contributed by atoms with Crippen molar-refractivity contribution in [2.45, 2.75) is 17.7 Å². The Morgan fingerprint density at radius 3 is 2.39 bits per heavy atom. The van der Waals surface area contributed by atoms with Gasteiger partial charge in [0.15, 0.2) is 11.5 Å². The van der Waals surface area contributed by atoms with E-state index in [1.807, 2.05) is 0 Å². The van der Waals surface area contributed by atoms with Crippen molar-refractivity contribution in [3.63, 3.8) is 0 Å². The number of carbonyl (C=O) groups excluding carboxylic acids is 2. The number of hydrazine groups is 1. The quantitative estimate of drug-likeness (QED) is 0.664. The molecule has 2 aliphatic heterocycles. The van der Waals surface area contributed by atoms with Crippen molar-refractivity contribution >= 4 is 21.8 Å². The van der Waals surface area contributed by atoms with E-state index >= 15 is 0 Å². The second-order valence-electron chi connectivity index (χ2n) is 7.33. The minimum Gasteiger partial charge on any atom is -0.454 e. The summed E-state index contributed by atoms with van der Waals surface area (Å²) < 4.78 is 37.0. The Balaban J connectivity index is 1.41. The standard InChI is InChI=1S/C21H23N3O6S/c1-22(31(27,28)17-6-3-2-4-7-17)14-21(26)24-11-5-10-23(24)20(25)13-16-8-9-18-19(12-16)30-15-29-18/h2-4,6-9,12H,5,10-11,13-15H2,1H3. The summed E-state index contributed by atoms with van der Waals surface area (Å²) in [4.78, 5) is 25.8. The van der Waals surface area contributed by atoms with Gasteiger partial charge in [-0.05, 0) is 36.2 Å². The van der Waals surface area contributed by atoms with E-state index in [0.717, 1.165) is 9.87 Å². The number of hydrogen-bond donors (Lipinski definition) is 0. The van der Waals surface area contributed by atoms with Gasteiger partial charge < -0.3 is 9.47 Å². The fourth-order valence-electron chi connectivity index (χ4n) is 3.58. The van der Waals surface area contributed by atoms with Gasteiger partial charge in [-0.3, -0.25) is 19.6 Å². The van der Waals surface area contributed by atoms with Crippen LogP contribution in [0.2, 0.25) is 0 Å². The van der Waals surface area contributed by atoms with E-state index in [9.17, 15) is 18.0 Å². The largest absolute Gasteiger partial charge is 0.454 e. The predicted octanol–water partition coefficient (Wildman–Crippen LogP) is 1.25. The average molecular weight is 445 g/mol. The third kappa shape index (κ3) is 4.35. The number of rotatable bonds is 6. The Kier molecular flexibility index (Phi) is 5.84. The summed E-state index contributed by atoms with van der Waals surface area (Å²) in [5.41, 5.74) is 0.748. The highest BCUT2D eigenvalue weighted by Gasteiger charge is 2.33. The number of sulfonamides is 1. The molecule has 0 N–H and O–H groups in total. The summed E-state index contributed by atoms with van der Waals surface area (Å²) in [6.07, 6.45) is 0.729. The number of carbonyl (C=O) groups is 2. The van der Waals surface area contributed by atoms with Crippen LogP contribution in [0.15, 0.2) is 53.4 Å². The molecular weight excluding hydrogens is 422 g/mol. The lowest BCUT2D eigenvalue weighted by molar-refractivity contribution is -0.157. The molecular formula is C21H23N3O6S. The monoisotopic (exact) mass is 445 g/mol. The second kappa shape index (κ2) is 8.56. The minimum absolute atomic E-state index is 0.0958. The zero-order valence-electron chi connectivity index (χ0n) is 17.1. The van der Waals surface area contributed by atoms with Gasteiger partial charge in [0.2, 0.25) is 22.7 Å². The van der Waals surface area contributed by atoms with Gasteiger partial charge in [0.25, 0.3) is 5.91 Å². The van der Waals surface area contributed by atoms with E-state index in [-0.39, 0.29) is 30.6 Å². The first kappa shape index (κ1) is 21.1. The van der Waals surface area contributed by atoms with Crippen LogP contribution in [0.3, 0.4) is 0 Å². The molecule has 10 heteroatoms. The van der Waals surface area contributed by atoms with E-state index in [1.165, 1.54) is 29.2 Å². The zero-order chi connectivity index (χ0) is 22.0. The molecule has 0 unspecified atom stereocenters. The number of amides is 2. The number of fused-ring (bicyclic) bond motifs is 1. The van der Waals surface area contributed by atoms with Gasteiger partial charge in [0.05, 0.1) is 17.9 Å². The lowest BCUT2D eigenvalue weighted by Gasteiger charge is -2.29. The SMILES string of the molecule is CN(CC(=O)N1CCCN1C(=O)Cc1ccc2c(c1)OCO2)S(=O)(=O)c1ccccc1. The maximum Gasteiger partial charge on any atom is 0.256 e. The molecule has 1 fully saturated rings. The molecule has 164 valence electrons. The molecule has 0 bridgehead atoms. The summed E-state index contributed by atoms with van der Waals surface area (Å²) in [6.45, 7) is 0.570. The first-order chi connectivity index (χ1) is 14.9. The molecule has 2 heterocycles. The summed E-state index contributed by atoms with van der Waals surface area (Å²) in [7, 11) is -2.44. The van der Waals surface area contributed by atoms with Crippen LogP contribution >= 0.6 is 0 Å². The molecule has 0 radical (unpaired) electrons. The van der Waals surface area contributed by atoms with Crippen molar-refractivity contribution in [2.75, 3.05) is 33.5 Å². The minimum atomic E-state index is -3.80. The van der Waals surface area contributed by atoms with Gasteiger partial charge in [-0.2, -0.15) is 4.31 Å². The Morgan fingerprint density at radius 1 is 0.968 bits per heavy atom. The van der Waals surface area contributed by atoms with Crippen LogP contribution in [0.5, 0.6) is 11.5 Å². The highest BCUT2D eigenvalue weighted by molar-refractivity contribution is 7.89. The van der Waals surface area contributed by atoms with E-state index in [0.29, 0.717) is 31.0 Å². The van der Waals surface area contributed by atoms with Gasteiger partial charge in [0.1, 0.15) is 0 Å². The molecule has 2 aliphatic rings. The van der Waals surface area contributed by atoms with Crippen LogP contribution in [-0.2, 0) is 26.0 Å². The Morgan fingerprint density at radius 2 is 1.65 bits per heavy atom. The smallest absolute Gasteiger partial charge is 0.256 e. The van der Waals surface area contributed by atoms with Crippen molar-refractivity contribution in [3.8, 4) is 11.5 Å². The predicted molar refractivity (Wildman–Crippen MR) is 111 cm³/mol. The van der Waals surface area contributed by atoms with Crippen LogP contribution in [0.25, 0.3) is 0 Å². The van der Waals surface area contributed by atoms with E-state index < -0.39 is 15.9 Å². The van der Waals surface area contributed by atoms with Crippen LogP contribution in [-0.4, -0.2) is 68.0 Å². The summed E-state index contributed by atoms with van der Waals surface area (Å²) >= 11 is 0. The molecule has 0 spiro atoms. The fraction of sp³-hybridized carbons (Fsp3) is 0.333. The average Bonchev–Trinajstić information content (AvgIpc) is 3.43. The Labute approximate surface area is 180 Å². The van der Waals surface area contributed by atoms with Gasteiger partial charge in [-0.1, -0.05) is 24.3 Å². The van der Waals surface area contributed by atoms with Gasteiger partial charge in [0, 0.05) is 20.1 Å². The molecule has 2 aromatic carbocycles.